The third-order valence-corrected chi connectivity index (χ3v) is 5.41. The summed E-state index contributed by atoms with van der Waals surface area (Å²) in [5, 5.41) is 0. The first kappa shape index (κ1) is 12.9. The molecule has 0 aliphatic rings. The Balaban J connectivity index is 4.35. The molecule has 0 aromatic rings. The minimum absolute atomic E-state index is 0.0379. The zero-order chi connectivity index (χ0) is 10.4. The Morgan fingerprint density at radius 1 is 1.38 bits per heavy atom. The maximum Gasteiger partial charge on any atom is 0.122 e. The van der Waals surface area contributed by atoms with E-state index in [1.165, 1.54) is 21.7 Å². The van der Waals surface area contributed by atoms with Crippen molar-refractivity contribution in [3.63, 3.8) is 0 Å². The van der Waals surface area contributed by atoms with Crippen LogP contribution in [0.1, 0.15) is 34.6 Å². The van der Waals surface area contributed by atoms with Crippen molar-refractivity contribution in [2.24, 2.45) is 4.99 Å². The molecule has 0 atom stereocenters. The van der Waals surface area contributed by atoms with Gasteiger partial charge in [0, 0.05) is 22.3 Å². The number of amidine groups is 1. The largest absolute Gasteiger partial charge is 0.391 e. The molecule has 0 aliphatic carbocycles. The van der Waals surface area contributed by atoms with Crippen molar-refractivity contribution in [1.29, 1.82) is 0 Å². The van der Waals surface area contributed by atoms with Gasteiger partial charge in [-0.15, -0.1) is 0 Å². The quantitative estimate of drug-likeness (QED) is 0.376. The molecule has 2 nitrogen and oxygen atoms in total. The number of nitrogens with zero attached hydrogens (tertiary/aromatic N) is 2. The molecule has 0 unspecified atom stereocenters. The Morgan fingerprint density at radius 2 is 1.92 bits per heavy atom. The average Bonchev–Trinajstić information content (AvgIpc) is 1.97. The van der Waals surface area contributed by atoms with Gasteiger partial charge in [-0.25, -0.2) is 0 Å². The molecule has 0 radical (unpaired) electrons. The van der Waals surface area contributed by atoms with Crippen LogP contribution in [-0.2, 0) is 0 Å². The lowest BCUT2D eigenvalue weighted by molar-refractivity contribution is 0.518. The molecule has 4 heteroatoms. The molecule has 0 aliphatic heterocycles. The van der Waals surface area contributed by atoms with E-state index in [0.717, 1.165) is 0 Å². The summed E-state index contributed by atoms with van der Waals surface area (Å²) >= 11 is 0. The van der Waals surface area contributed by atoms with Gasteiger partial charge in [-0.1, -0.05) is 5.67 Å². The van der Waals surface area contributed by atoms with Crippen LogP contribution in [0.2, 0.25) is 5.67 Å². The molecule has 0 amide bonds. The molecule has 0 aromatic carbocycles. The van der Waals surface area contributed by atoms with Gasteiger partial charge < -0.3 is 4.57 Å². The van der Waals surface area contributed by atoms with Crippen molar-refractivity contribution in [3.8, 4) is 0 Å². The van der Waals surface area contributed by atoms with Crippen LogP contribution in [0, 0.1) is 0 Å². The van der Waals surface area contributed by atoms with Crippen LogP contribution in [0.15, 0.2) is 4.99 Å². The Kier molecular flexibility index (Phi) is 6.32. The first-order chi connectivity index (χ1) is 5.99. The predicted octanol–water partition coefficient (Wildman–Crippen LogP) is 0.349. The smallest absolute Gasteiger partial charge is 0.122 e. The van der Waals surface area contributed by atoms with Gasteiger partial charge in [0.15, 0.2) is 0 Å². The van der Waals surface area contributed by atoms with Crippen molar-refractivity contribution in [3.05, 3.63) is 0 Å². The van der Waals surface area contributed by atoms with Gasteiger partial charge >= 0.3 is 0 Å². The van der Waals surface area contributed by atoms with Gasteiger partial charge in [-0.05, 0) is 34.6 Å². The lowest BCUT2D eigenvalue weighted by Gasteiger charge is -2.28. The van der Waals surface area contributed by atoms with Crippen LogP contribution in [0.4, 0.5) is 0 Å². The Bertz CT molecular complexity index is 167. The minimum atomic E-state index is -0.0379. The molecule has 0 saturated carbocycles. The zero-order valence-electron chi connectivity index (χ0n) is 9.96. The number of rotatable bonds is 4. The highest BCUT2D eigenvalue weighted by molar-refractivity contribution is 6.47. The predicted molar refractivity (Wildman–Crippen MR) is 68.5 cm³/mol. The lowest BCUT2D eigenvalue weighted by Crippen LogP contribution is -2.38. The highest BCUT2D eigenvalue weighted by atomic mass is 28.3. The summed E-state index contributed by atoms with van der Waals surface area (Å²) in [4.78, 5) is 4.61. The normalized spacial score (nSPS) is 13.9. The summed E-state index contributed by atoms with van der Waals surface area (Å²) in [6, 6.07) is 1.08. The maximum absolute atomic E-state index is 4.61. The monoisotopic (exact) mass is 216 g/mol. The minimum Gasteiger partial charge on any atom is -0.391 e. The van der Waals surface area contributed by atoms with Crippen molar-refractivity contribution in [1.82, 2.24) is 4.57 Å². The van der Waals surface area contributed by atoms with Crippen LogP contribution >= 0.6 is 0 Å². The Hall–Kier alpha value is -0.0962. The Labute approximate surface area is 88.1 Å². The van der Waals surface area contributed by atoms with E-state index in [1.54, 1.807) is 0 Å². The topological polar surface area (TPSA) is 15.6 Å². The fourth-order valence-electron chi connectivity index (χ4n) is 1.48. The molecule has 0 rings (SSSR count). The van der Waals surface area contributed by atoms with Gasteiger partial charge in [-0.2, -0.15) is 0 Å². The van der Waals surface area contributed by atoms with E-state index in [4.69, 9.17) is 0 Å². The SMILES string of the molecule is C/C(=N\C(C)C)N([SiH2]C[SiH3])C(C)C. The molecule has 78 valence electrons. The summed E-state index contributed by atoms with van der Waals surface area (Å²) in [5.41, 5.74) is 1.46. The highest BCUT2D eigenvalue weighted by Gasteiger charge is 2.09. The second-order valence-electron chi connectivity index (χ2n) is 4.06. The Morgan fingerprint density at radius 3 is 2.23 bits per heavy atom. The van der Waals surface area contributed by atoms with Crippen molar-refractivity contribution >= 4 is 25.8 Å². The summed E-state index contributed by atoms with van der Waals surface area (Å²) in [5.74, 6) is 1.26. The van der Waals surface area contributed by atoms with Crippen LogP contribution in [0.5, 0.6) is 0 Å². The van der Waals surface area contributed by atoms with Gasteiger partial charge in [0.2, 0.25) is 0 Å². The molecule has 0 fully saturated rings. The molecule has 0 spiro atoms. The second-order valence-corrected chi connectivity index (χ2v) is 9.19. The molecular weight excluding hydrogens is 192 g/mol. The second kappa shape index (κ2) is 6.37. The average molecular weight is 216 g/mol. The third-order valence-electron chi connectivity index (χ3n) is 1.95. The molecule has 0 saturated heterocycles. The van der Waals surface area contributed by atoms with E-state index in [-0.39, 0.29) is 9.68 Å². The number of hydrogen-bond acceptors (Lipinski definition) is 1. The van der Waals surface area contributed by atoms with Crippen molar-refractivity contribution in [2.75, 3.05) is 0 Å². The summed E-state index contributed by atoms with van der Waals surface area (Å²) in [6.07, 6.45) is 0. The van der Waals surface area contributed by atoms with Crippen molar-refractivity contribution in [2.45, 2.75) is 52.4 Å². The van der Waals surface area contributed by atoms with E-state index in [9.17, 15) is 0 Å². The van der Waals surface area contributed by atoms with Crippen LogP contribution in [0.25, 0.3) is 0 Å². The standard InChI is InChI=1S/C9H24N2Si2/c1-7(2)10-9(5)11(8(3)4)13-6-12/h7-8H,6,13H2,1-5,12H3/b10-9+. The zero-order valence-corrected chi connectivity index (χ0v) is 13.4. The first-order valence-electron chi connectivity index (χ1n) is 5.30. The third kappa shape index (κ3) is 5.26. The van der Waals surface area contributed by atoms with E-state index >= 15 is 0 Å². The number of hydrogen-bond donors (Lipinski definition) is 0. The first-order valence-corrected chi connectivity index (χ1v) is 8.34. The van der Waals surface area contributed by atoms with Gasteiger partial charge in [-0.3, -0.25) is 4.99 Å². The number of aliphatic imine (C=N–C) groups is 1. The van der Waals surface area contributed by atoms with Crippen LogP contribution in [0.3, 0.4) is 0 Å². The lowest BCUT2D eigenvalue weighted by atomic mass is 10.4. The molecule has 13 heavy (non-hydrogen) atoms. The highest BCUT2D eigenvalue weighted by Crippen LogP contribution is 2.01. The van der Waals surface area contributed by atoms with Crippen LogP contribution < -0.4 is 0 Å². The molecule has 0 aromatic heterocycles. The van der Waals surface area contributed by atoms with Crippen LogP contribution in [-0.4, -0.2) is 42.4 Å². The molecule has 0 bridgehead atoms. The van der Waals surface area contributed by atoms with E-state index < -0.39 is 0 Å². The van der Waals surface area contributed by atoms with E-state index in [0.29, 0.717) is 12.1 Å². The summed E-state index contributed by atoms with van der Waals surface area (Å²) in [6.45, 7) is 11.0. The fourth-order valence-corrected chi connectivity index (χ4v) is 4.33. The summed E-state index contributed by atoms with van der Waals surface area (Å²) < 4.78 is 2.53. The van der Waals surface area contributed by atoms with E-state index in [1.807, 2.05) is 0 Å². The van der Waals surface area contributed by atoms with E-state index in [2.05, 4.69) is 44.2 Å². The summed E-state index contributed by atoms with van der Waals surface area (Å²) in [7, 11) is 1.30. The molecular formula is C9H24N2Si2. The van der Waals surface area contributed by atoms with Crippen molar-refractivity contribution < 1.29 is 0 Å². The fraction of sp³-hybridized carbons (Fsp3) is 0.889. The van der Waals surface area contributed by atoms with Gasteiger partial charge in [0.25, 0.3) is 0 Å². The molecule has 0 heterocycles. The maximum atomic E-state index is 4.61. The van der Waals surface area contributed by atoms with Gasteiger partial charge in [0.05, 0.1) is 5.84 Å². The molecule has 0 N–H and O–H groups in total. The van der Waals surface area contributed by atoms with Gasteiger partial charge in [0.1, 0.15) is 9.68 Å².